The van der Waals surface area contributed by atoms with Gasteiger partial charge in [0.15, 0.2) is 0 Å². The standard InChI is InChI=1S/C16H16N4O/c1-11-5-6-13(4-3-7-17)8-14(11)20-16(21)15-10-18-12(2)9-19-15/h5-6,8-10H,7,17H2,1-2H3,(H,20,21). The van der Waals surface area contributed by atoms with E-state index in [1.54, 1.807) is 6.20 Å². The van der Waals surface area contributed by atoms with Crippen molar-refractivity contribution in [1.82, 2.24) is 9.97 Å². The summed E-state index contributed by atoms with van der Waals surface area (Å²) in [6.45, 7) is 4.03. The van der Waals surface area contributed by atoms with Crippen LogP contribution in [0.25, 0.3) is 0 Å². The first kappa shape index (κ1) is 14.7. The van der Waals surface area contributed by atoms with Crippen LogP contribution in [0.15, 0.2) is 30.6 Å². The number of rotatable bonds is 2. The maximum absolute atomic E-state index is 12.1. The van der Waals surface area contributed by atoms with Gasteiger partial charge in [-0.25, -0.2) is 4.98 Å². The third kappa shape index (κ3) is 3.88. The second-order valence-corrected chi connectivity index (χ2v) is 4.53. The minimum atomic E-state index is -0.297. The molecule has 1 heterocycles. The van der Waals surface area contributed by atoms with Crippen molar-refractivity contribution in [3.63, 3.8) is 0 Å². The van der Waals surface area contributed by atoms with Gasteiger partial charge in [-0.05, 0) is 31.5 Å². The first-order valence-electron chi connectivity index (χ1n) is 6.49. The number of hydrogen-bond acceptors (Lipinski definition) is 4. The van der Waals surface area contributed by atoms with Crippen molar-refractivity contribution in [2.75, 3.05) is 11.9 Å². The fraction of sp³-hybridized carbons (Fsp3) is 0.188. The second-order valence-electron chi connectivity index (χ2n) is 4.53. The SMILES string of the molecule is Cc1cnc(C(=O)Nc2cc(C#CCN)ccc2C)cn1. The van der Waals surface area contributed by atoms with Crippen LogP contribution in [0, 0.1) is 25.7 Å². The Morgan fingerprint density at radius 2 is 2.10 bits per heavy atom. The van der Waals surface area contributed by atoms with Crippen LogP contribution in [0.5, 0.6) is 0 Å². The monoisotopic (exact) mass is 280 g/mol. The van der Waals surface area contributed by atoms with Gasteiger partial charge in [0.05, 0.1) is 18.4 Å². The van der Waals surface area contributed by atoms with Crippen molar-refractivity contribution >= 4 is 11.6 Å². The molecule has 0 aliphatic carbocycles. The number of aryl methyl sites for hydroxylation is 2. The lowest BCUT2D eigenvalue weighted by Gasteiger charge is -2.08. The number of aromatic nitrogens is 2. The maximum atomic E-state index is 12.1. The number of carbonyl (C=O) groups is 1. The van der Waals surface area contributed by atoms with Crippen LogP contribution in [0.2, 0.25) is 0 Å². The highest BCUT2D eigenvalue weighted by Gasteiger charge is 2.09. The molecule has 3 N–H and O–H groups in total. The topological polar surface area (TPSA) is 80.9 Å². The van der Waals surface area contributed by atoms with Crippen molar-refractivity contribution in [3.8, 4) is 11.8 Å². The smallest absolute Gasteiger partial charge is 0.275 e. The van der Waals surface area contributed by atoms with Gasteiger partial charge in [-0.2, -0.15) is 0 Å². The van der Waals surface area contributed by atoms with Gasteiger partial charge in [-0.15, -0.1) is 0 Å². The second kappa shape index (κ2) is 6.64. The molecule has 0 aliphatic heterocycles. The summed E-state index contributed by atoms with van der Waals surface area (Å²) < 4.78 is 0. The lowest BCUT2D eigenvalue weighted by atomic mass is 10.1. The van der Waals surface area contributed by atoms with E-state index >= 15 is 0 Å². The third-order valence-corrected chi connectivity index (χ3v) is 2.83. The van der Waals surface area contributed by atoms with Gasteiger partial charge in [0, 0.05) is 17.4 Å². The van der Waals surface area contributed by atoms with Crippen LogP contribution in [-0.2, 0) is 0 Å². The zero-order valence-electron chi connectivity index (χ0n) is 12.0. The molecular formula is C16H16N4O. The Morgan fingerprint density at radius 1 is 1.29 bits per heavy atom. The van der Waals surface area contributed by atoms with Crippen LogP contribution in [0.3, 0.4) is 0 Å². The molecule has 5 heteroatoms. The Labute approximate surface area is 123 Å². The first-order chi connectivity index (χ1) is 10.1. The number of nitrogens with zero attached hydrogens (tertiary/aromatic N) is 2. The molecule has 0 aliphatic rings. The fourth-order valence-electron chi connectivity index (χ4n) is 1.68. The van der Waals surface area contributed by atoms with Gasteiger partial charge in [0.2, 0.25) is 0 Å². The van der Waals surface area contributed by atoms with E-state index in [2.05, 4.69) is 27.1 Å². The van der Waals surface area contributed by atoms with Gasteiger partial charge < -0.3 is 11.1 Å². The number of benzene rings is 1. The van der Waals surface area contributed by atoms with Crippen molar-refractivity contribution in [2.24, 2.45) is 5.73 Å². The predicted molar refractivity (Wildman–Crippen MR) is 81.8 cm³/mol. The van der Waals surface area contributed by atoms with Crippen molar-refractivity contribution in [1.29, 1.82) is 0 Å². The normalized spacial score (nSPS) is 9.67. The zero-order valence-corrected chi connectivity index (χ0v) is 12.0. The lowest BCUT2D eigenvalue weighted by molar-refractivity contribution is 0.102. The van der Waals surface area contributed by atoms with Crippen LogP contribution < -0.4 is 11.1 Å². The van der Waals surface area contributed by atoms with E-state index in [0.717, 1.165) is 16.8 Å². The maximum Gasteiger partial charge on any atom is 0.275 e. The molecular weight excluding hydrogens is 264 g/mol. The van der Waals surface area contributed by atoms with E-state index in [9.17, 15) is 4.79 Å². The van der Waals surface area contributed by atoms with Crippen molar-refractivity contribution in [2.45, 2.75) is 13.8 Å². The fourth-order valence-corrected chi connectivity index (χ4v) is 1.68. The van der Waals surface area contributed by atoms with Gasteiger partial charge in [-0.3, -0.25) is 9.78 Å². The molecule has 5 nitrogen and oxygen atoms in total. The first-order valence-corrected chi connectivity index (χ1v) is 6.49. The van der Waals surface area contributed by atoms with Crippen LogP contribution >= 0.6 is 0 Å². The molecule has 106 valence electrons. The van der Waals surface area contributed by atoms with E-state index in [1.807, 2.05) is 32.0 Å². The average molecular weight is 280 g/mol. The molecule has 0 saturated heterocycles. The highest BCUT2D eigenvalue weighted by molar-refractivity contribution is 6.03. The summed E-state index contributed by atoms with van der Waals surface area (Å²) in [6.07, 6.45) is 3.02. The van der Waals surface area contributed by atoms with Crippen molar-refractivity contribution < 1.29 is 4.79 Å². The largest absolute Gasteiger partial charge is 0.320 e. The predicted octanol–water partition coefficient (Wildman–Crippen LogP) is 1.66. The Hall–Kier alpha value is -2.71. The molecule has 2 rings (SSSR count). The number of anilines is 1. The quantitative estimate of drug-likeness (QED) is 0.820. The summed E-state index contributed by atoms with van der Waals surface area (Å²) in [5, 5.41) is 2.82. The number of amides is 1. The molecule has 0 fully saturated rings. The molecule has 21 heavy (non-hydrogen) atoms. The molecule has 0 bridgehead atoms. The Balaban J connectivity index is 2.22. The molecule has 1 aromatic heterocycles. The molecule has 0 unspecified atom stereocenters. The molecule has 0 atom stereocenters. The molecule has 0 spiro atoms. The Kier molecular flexibility index (Phi) is 4.64. The van der Waals surface area contributed by atoms with Gasteiger partial charge >= 0.3 is 0 Å². The highest BCUT2D eigenvalue weighted by Crippen LogP contribution is 2.17. The third-order valence-electron chi connectivity index (χ3n) is 2.83. The van der Waals surface area contributed by atoms with Crippen LogP contribution in [0.1, 0.15) is 27.3 Å². The van der Waals surface area contributed by atoms with E-state index in [-0.39, 0.29) is 11.6 Å². The van der Waals surface area contributed by atoms with E-state index in [1.165, 1.54) is 6.20 Å². The number of carbonyl (C=O) groups excluding carboxylic acids is 1. The minimum absolute atomic E-state index is 0.276. The van der Waals surface area contributed by atoms with Gasteiger partial charge in [0.1, 0.15) is 5.69 Å². The molecule has 2 aromatic rings. The van der Waals surface area contributed by atoms with Crippen LogP contribution in [0.4, 0.5) is 5.69 Å². The summed E-state index contributed by atoms with van der Waals surface area (Å²) in [6, 6.07) is 5.60. The zero-order chi connectivity index (χ0) is 15.2. The molecule has 1 aromatic carbocycles. The lowest BCUT2D eigenvalue weighted by Crippen LogP contribution is -2.15. The molecule has 1 amide bonds. The minimum Gasteiger partial charge on any atom is -0.320 e. The van der Waals surface area contributed by atoms with E-state index in [4.69, 9.17) is 5.73 Å². The van der Waals surface area contributed by atoms with Gasteiger partial charge in [-0.1, -0.05) is 17.9 Å². The summed E-state index contributed by atoms with van der Waals surface area (Å²) in [5.74, 6) is 5.43. The van der Waals surface area contributed by atoms with Gasteiger partial charge in [0.25, 0.3) is 5.91 Å². The summed E-state index contributed by atoms with van der Waals surface area (Å²) in [5.41, 5.74) is 8.84. The summed E-state index contributed by atoms with van der Waals surface area (Å²) in [7, 11) is 0. The average Bonchev–Trinajstić information content (AvgIpc) is 2.48. The van der Waals surface area contributed by atoms with Crippen molar-refractivity contribution in [3.05, 3.63) is 53.1 Å². The molecule has 0 saturated carbocycles. The van der Waals surface area contributed by atoms with Crippen LogP contribution in [-0.4, -0.2) is 22.4 Å². The van der Waals surface area contributed by atoms with E-state index in [0.29, 0.717) is 12.2 Å². The summed E-state index contributed by atoms with van der Waals surface area (Å²) >= 11 is 0. The number of nitrogens with two attached hydrogens (primary N) is 1. The van der Waals surface area contributed by atoms with E-state index < -0.39 is 0 Å². The highest BCUT2D eigenvalue weighted by atomic mass is 16.1. The Morgan fingerprint density at radius 3 is 2.76 bits per heavy atom. The number of hydrogen-bond donors (Lipinski definition) is 2. The summed E-state index contributed by atoms with van der Waals surface area (Å²) in [4.78, 5) is 20.3. The Bertz CT molecular complexity index is 711. The molecule has 0 radical (unpaired) electrons. The number of nitrogens with one attached hydrogen (secondary N) is 1.